The van der Waals surface area contributed by atoms with Crippen molar-refractivity contribution in [1.29, 1.82) is 0 Å². The minimum atomic E-state index is -2.70. The van der Waals surface area contributed by atoms with Crippen molar-refractivity contribution >= 4 is 29.3 Å². The number of Topliss-reactive ketones (excluding diaryl/α,β-unsaturated/α-hetero) is 2. The lowest BCUT2D eigenvalue weighted by Gasteiger charge is -2.50. The second kappa shape index (κ2) is 11.4. The number of nitrogens with one attached hydrogen (secondary N) is 1. The van der Waals surface area contributed by atoms with Gasteiger partial charge in [-0.2, -0.15) is 0 Å². The Hall–Kier alpha value is -4.72. The van der Waals surface area contributed by atoms with Crippen molar-refractivity contribution in [2.75, 3.05) is 39.7 Å². The van der Waals surface area contributed by atoms with Crippen LogP contribution in [0.25, 0.3) is 11.1 Å². The number of primary amides is 1. The number of amides is 2. The number of likely N-dealkylation sites (N-methyl/N-ethyl adjacent to an activating group) is 1. The molecule has 5 rings (SSSR count). The van der Waals surface area contributed by atoms with Gasteiger partial charge in [0.2, 0.25) is 5.78 Å². The first-order valence-electron chi connectivity index (χ1n) is 13.9. The van der Waals surface area contributed by atoms with Crippen molar-refractivity contribution in [3.63, 3.8) is 0 Å². The number of aliphatic hydroxyl groups is 3. The van der Waals surface area contributed by atoms with E-state index in [1.54, 1.807) is 44.4 Å². The molecule has 2 aromatic carbocycles. The van der Waals surface area contributed by atoms with Crippen LogP contribution >= 0.6 is 0 Å². The number of nitrogens with two attached hydrogens (primary N) is 1. The highest BCUT2D eigenvalue weighted by molar-refractivity contribution is 6.25. The van der Waals surface area contributed by atoms with E-state index in [-0.39, 0.29) is 42.9 Å². The molecule has 0 unspecified atom stereocenters. The van der Waals surface area contributed by atoms with Crippen molar-refractivity contribution in [3.05, 3.63) is 70.2 Å². The van der Waals surface area contributed by atoms with Crippen molar-refractivity contribution in [2.45, 2.75) is 24.5 Å². The normalized spacial score (nSPS) is 24.5. The number of nitrogens with zero attached hydrogens (tertiary/aromatic N) is 1. The number of phenolic OH excluding ortho intramolecular Hbond substituents is 1. The van der Waals surface area contributed by atoms with Crippen LogP contribution in [0.3, 0.4) is 0 Å². The third kappa shape index (κ3) is 4.78. The summed E-state index contributed by atoms with van der Waals surface area (Å²) in [4.78, 5) is 53.0. The number of allylic oxidation sites excluding steroid dienone is 1. The van der Waals surface area contributed by atoms with Gasteiger partial charge in [0.25, 0.3) is 5.91 Å². The molecule has 0 spiro atoms. The summed E-state index contributed by atoms with van der Waals surface area (Å²) in [6, 6.07) is 8.65. The molecule has 7 N–H and O–H groups in total. The number of rotatable bonds is 7. The van der Waals surface area contributed by atoms with Crippen LogP contribution in [0.1, 0.15) is 22.3 Å². The van der Waals surface area contributed by atoms with E-state index >= 15 is 0 Å². The van der Waals surface area contributed by atoms with Gasteiger partial charge in [0, 0.05) is 24.3 Å². The summed E-state index contributed by atoms with van der Waals surface area (Å²) < 4.78 is 9.86. The first-order valence-corrected chi connectivity index (χ1v) is 13.9. The second-order valence-electron chi connectivity index (χ2n) is 11.3. The summed E-state index contributed by atoms with van der Waals surface area (Å²) in [5.74, 6) is -7.07. The lowest BCUT2D eigenvalue weighted by molar-refractivity contribution is -0.148. The van der Waals surface area contributed by atoms with Crippen LogP contribution in [0.4, 0.5) is 10.5 Å². The number of anilines is 1. The molecule has 44 heavy (non-hydrogen) atoms. The zero-order chi connectivity index (χ0) is 32.1. The van der Waals surface area contributed by atoms with E-state index in [4.69, 9.17) is 15.2 Å². The van der Waals surface area contributed by atoms with Crippen LogP contribution in [0.5, 0.6) is 5.75 Å². The Bertz CT molecular complexity index is 1630. The first kappa shape index (κ1) is 30.7. The molecule has 232 valence electrons. The Balaban J connectivity index is 1.55. The predicted molar refractivity (Wildman–Crippen MR) is 156 cm³/mol. The Morgan fingerprint density at radius 1 is 1.07 bits per heavy atom. The fourth-order valence-electron chi connectivity index (χ4n) is 6.63. The van der Waals surface area contributed by atoms with E-state index < -0.39 is 64.1 Å². The average molecular weight is 608 g/mol. The van der Waals surface area contributed by atoms with Gasteiger partial charge >= 0.3 is 6.09 Å². The number of aromatic hydroxyl groups is 1. The van der Waals surface area contributed by atoms with Gasteiger partial charge in [0.1, 0.15) is 29.4 Å². The third-order valence-corrected chi connectivity index (χ3v) is 8.57. The van der Waals surface area contributed by atoms with Gasteiger partial charge in [0.15, 0.2) is 11.4 Å². The van der Waals surface area contributed by atoms with Crippen LogP contribution in [0, 0.1) is 11.8 Å². The molecule has 0 saturated carbocycles. The number of ether oxygens (including phenoxy) is 2. The molecule has 2 amide bonds. The van der Waals surface area contributed by atoms with Crippen LogP contribution in [0.15, 0.2) is 59.1 Å². The van der Waals surface area contributed by atoms with Gasteiger partial charge < -0.3 is 35.6 Å². The number of hydrogen-bond acceptors (Lipinski definition) is 11. The number of fused-ring (bicyclic) bond motifs is 3. The van der Waals surface area contributed by atoms with Crippen LogP contribution in [0.2, 0.25) is 0 Å². The zero-order valence-electron chi connectivity index (χ0n) is 24.3. The molecule has 2 aromatic rings. The maximum Gasteiger partial charge on any atom is 0.411 e. The van der Waals surface area contributed by atoms with Crippen molar-refractivity contribution in [1.82, 2.24) is 4.90 Å². The maximum atomic E-state index is 13.9. The summed E-state index contributed by atoms with van der Waals surface area (Å²) in [7, 11) is 4.63. The fraction of sp³-hybridized carbons (Fsp3) is 0.355. The molecular weight excluding hydrogens is 574 g/mol. The van der Waals surface area contributed by atoms with Gasteiger partial charge in [-0.25, -0.2) is 4.79 Å². The van der Waals surface area contributed by atoms with Gasteiger partial charge in [-0.15, -0.1) is 0 Å². The summed E-state index contributed by atoms with van der Waals surface area (Å²) in [5, 5.41) is 47.5. The highest BCUT2D eigenvalue weighted by Gasteiger charge is 2.63. The molecule has 3 aliphatic rings. The number of carbonyl (C=O) groups excluding carboxylic acids is 4. The predicted octanol–water partition coefficient (Wildman–Crippen LogP) is 1.98. The van der Waals surface area contributed by atoms with E-state index in [1.807, 2.05) is 0 Å². The Labute approximate surface area is 252 Å². The van der Waals surface area contributed by atoms with E-state index in [0.717, 1.165) is 0 Å². The molecule has 3 aliphatic carbocycles. The van der Waals surface area contributed by atoms with Gasteiger partial charge in [-0.3, -0.25) is 24.6 Å². The number of aliphatic hydroxyl groups excluding tert-OH is 2. The van der Waals surface area contributed by atoms with Crippen molar-refractivity contribution in [2.24, 2.45) is 17.6 Å². The molecule has 13 nitrogen and oxygen atoms in total. The number of carbonyl (C=O) groups is 4. The first-order chi connectivity index (χ1) is 20.8. The lowest BCUT2D eigenvalue weighted by Crippen LogP contribution is -2.63. The average Bonchev–Trinajstić information content (AvgIpc) is 2.95. The molecule has 0 bridgehead atoms. The molecule has 0 radical (unpaired) electrons. The third-order valence-electron chi connectivity index (χ3n) is 8.57. The highest BCUT2D eigenvalue weighted by atomic mass is 16.6. The quantitative estimate of drug-likeness (QED) is 0.198. The molecule has 0 fully saturated rings. The van der Waals surface area contributed by atoms with Gasteiger partial charge in [-0.1, -0.05) is 18.2 Å². The Morgan fingerprint density at radius 3 is 2.36 bits per heavy atom. The van der Waals surface area contributed by atoms with Gasteiger partial charge in [-0.05, 0) is 67.7 Å². The largest absolute Gasteiger partial charge is 0.510 e. The smallest absolute Gasteiger partial charge is 0.411 e. The monoisotopic (exact) mass is 607 g/mol. The summed E-state index contributed by atoms with van der Waals surface area (Å²) in [6.07, 6.45) is -0.529. The summed E-state index contributed by atoms with van der Waals surface area (Å²) in [5.41, 5.74) is 3.72. The molecule has 0 aromatic heterocycles. The Morgan fingerprint density at radius 2 is 1.75 bits per heavy atom. The standard InChI is InChI=1S/C31H33N3O10/c1-34(2)24-19-13-15-12-18-17(14-4-6-16(7-5-14)33-30(41)44-11-10-43-3)8-9-20(35)22(18)25(36)21(15)27(38)31(19,42)28(39)23(26(24)37)29(32)40/h4-9,15,19,24,35,37-38,42H,10-13H2,1-3H3,(H2,32,40)(H,33,41)/t15-,19-,24+,31-/m0/s1. The molecule has 0 aliphatic heterocycles. The van der Waals surface area contributed by atoms with Crippen molar-refractivity contribution < 1.29 is 49.1 Å². The zero-order valence-corrected chi connectivity index (χ0v) is 24.3. The highest BCUT2D eigenvalue weighted by Crippen LogP contribution is 2.53. The maximum absolute atomic E-state index is 13.9. The molecule has 4 atom stereocenters. The summed E-state index contributed by atoms with van der Waals surface area (Å²) in [6.45, 7) is 0.344. The van der Waals surface area contributed by atoms with E-state index in [0.29, 0.717) is 22.4 Å². The Kier molecular flexibility index (Phi) is 7.97. The van der Waals surface area contributed by atoms with Crippen LogP contribution in [-0.2, 0) is 25.5 Å². The SMILES string of the molecule is COCCOC(=O)Nc1ccc(-c2ccc(O)c3c2C[C@H]2C[C@H]4[C@@H](N(C)C)C(O)=C(C(N)=O)C(=O)[C@@]4(O)C(O)=C2C3=O)cc1. The fourth-order valence-corrected chi connectivity index (χ4v) is 6.63. The van der Waals surface area contributed by atoms with Gasteiger partial charge in [0.05, 0.1) is 18.2 Å². The van der Waals surface area contributed by atoms with Crippen molar-refractivity contribution in [3.8, 4) is 16.9 Å². The van der Waals surface area contributed by atoms with E-state index in [9.17, 15) is 39.6 Å². The summed E-state index contributed by atoms with van der Waals surface area (Å²) >= 11 is 0. The van der Waals surface area contributed by atoms with E-state index in [2.05, 4.69) is 5.32 Å². The minimum absolute atomic E-state index is 0.0189. The number of ketones is 2. The van der Waals surface area contributed by atoms with Crippen LogP contribution in [-0.4, -0.2) is 95.0 Å². The second-order valence-corrected chi connectivity index (χ2v) is 11.3. The number of benzene rings is 2. The molecule has 0 saturated heterocycles. The topological polar surface area (TPSA) is 209 Å². The molecule has 13 heteroatoms. The molecular formula is C31H33N3O10. The van der Waals surface area contributed by atoms with E-state index in [1.165, 1.54) is 18.1 Å². The number of phenols is 1. The minimum Gasteiger partial charge on any atom is -0.510 e. The number of methoxy groups -OCH3 is 1. The lowest BCUT2D eigenvalue weighted by atomic mass is 9.58. The molecule has 0 heterocycles. The van der Waals surface area contributed by atoms with Crippen LogP contribution < -0.4 is 11.1 Å². The number of hydrogen-bond donors (Lipinski definition) is 6.